The first-order chi connectivity index (χ1) is 8.17. The fourth-order valence-corrected chi connectivity index (χ4v) is 2.96. The van der Waals surface area contributed by atoms with Gasteiger partial charge in [-0.05, 0) is 36.6 Å². The van der Waals surface area contributed by atoms with Crippen molar-refractivity contribution in [3.05, 3.63) is 28.8 Å². The lowest BCUT2D eigenvalue weighted by Crippen LogP contribution is -2.27. The number of nitrogens with one attached hydrogen (secondary N) is 1. The van der Waals surface area contributed by atoms with E-state index in [4.69, 9.17) is 16.3 Å². The van der Waals surface area contributed by atoms with Crippen LogP contribution >= 0.6 is 11.6 Å². The summed E-state index contributed by atoms with van der Waals surface area (Å²) < 4.78 is 5.47. The predicted molar refractivity (Wildman–Crippen MR) is 66.3 cm³/mol. The minimum atomic E-state index is -0.0278. The van der Waals surface area contributed by atoms with Gasteiger partial charge in [-0.1, -0.05) is 11.6 Å². The molecule has 3 rings (SSSR count). The lowest BCUT2D eigenvalue weighted by atomic mass is 9.78. The van der Waals surface area contributed by atoms with Crippen LogP contribution in [0.1, 0.15) is 18.4 Å². The molecule has 2 heterocycles. The van der Waals surface area contributed by atoms with E-state index in [9.17, 15) is 4.79 Å². The molecule has 1 spiro atoms. The molecular weight excluding hydrogens is 238 g/mol. The van der Waals surface area contributed by atoms with E-state index >= 15 is 0 Å². The molecule has 1 atom stereocenters. The molecule has 0 radical (unpaired) electrons. The Kier molecular flexibility index (Phi) is 2.60. The largest absolute Gasteiger partial charge is 0.381 e. The van der Waals surface area contributed by atoms with Crippen LogP contribution in [0.2, 0.25) is 5.02 Å². The van der Waals surface area contributed by atoms with Gasteiger partial charge in [0, 0.05) is 29.2 Å². The zero-order chi connectivity index (χ0) is 11.9. The van der Waals surface area contributed by atoms with Gasteiger partial charge in [-0.15, -0.1) is 0 Å². The maximum absolute atomic E-state index is 11.9. The summed E-state index contributed by atoms with van der Waals surface area (Å²) >= 11 is 6.02. The summed E-state index contributed by atoms with van der Waals surface area (Å²) in [6.45, 7) is 1.43. The summed E-state index contributed by atoms with van der Waals surface area (Å²) in [5.74, 6) is 0.0802. The second-order valence-electron chi connectivity index (χ2n) is 5.01. The summed E-state index contributed by atoms with van der Waals surface area (Å²) in [7, 11) is 0. The molecule has 1 fully saturated rings. The van der Waals surface area contributed by atoms with Gasteiger partial charge in [0.25, 0.3) is 0 Å². The number of rotatable bonds is 0. The number of ether oxygens (including phenoxy) is 1. The first-order valence-electron chi connectivity index (χ1n) is 5.83. The van der Waals surface area contributed by atoms with Crippen LogP contribution in [0.25, 0.3) is 0 Å². The van der Waals surface area contributed by atoms with Crippen molar-refractivity contribution in [3.8, 4) is 0 Å². The first-order valence-corrected chi connectivity index (χ1v) is 6.21. The minimum Gasteiger partial charge on any atom is -0.381 e. The number of amides is 1. The zero-order valence-electron chi connectivity index (χ0n) is 9.46. The van der Waals surface area contributed by atoms with E-state index in [2.05, 4.69) is 5.32 Å². The molecule has 3 nitrogen and oxygen atoms in total. The topological polar surface area (TPSA) is 38.3 Å². The number of anilines is 1. The molecule has 0 aliphatic carbocycles. The Hall–Kier alpha value is -1.06. The van der Waals surface area contributed by atoms with Crippen molar-refractivity contribution in [3.63, 3.8) is 0 Å². The highest BCUT2D eigenvalue weighted by molar-refractivity contribution is 6.30. The van der Waals surface area contributed by atoms with Crippen LogP contribution in [0.3, 0.4) is 0 Å². The fraction of sp³-hybridized carbons (Fsp3) is 0.462. The van der Waals surface area contributed by atoms with E-state index in [-0.39, 0.29) is 11.3 Å². The van der Waals surface area contributed by atoms with E-state index in [0.717, 1.165) is 30.7 Å². The van der Waals surface area contributed by atoms with E-state index in [0.29, 0.717) is 18.1 Å². The van der Waals surface area contributed by atoms with Gasteiger partial charge in [0.15, 0.2) is 0 Å². The van der Waals surface area contributed by atoms with Gasteiger partial charge in [0.05, 0.1) is 6.61 Å². The predicted octanol–water partition coefficient (Wildman–Crippen LogP) is 2.63. The van der Waals surface area contributed by atoms with Crippen molar-refractivity contribution >= 4 is 23.2 Å². The molecule has 1 saturated heterocycles. The second kappa shape index (κ2) is 4.00. The number of hydrogen-bond donors (Lipinski definition) is 1. The van der Waals surface area contributed by atoms with Crippen LogP contribution in [-0.2, 0) is 16.0 Å². The van der Waals surface area contributed by atoms with Crippen molar-refractivity contribution in [2.45, 2.75) is 19.3 Å². The van der Waals surface area contributed by atoms with Crippen LogP contribution in [0.15, 0.2) is 18.2 Å². The van der Waals surface area contributed by atoms with Gasteiger partial charge in [-0.2, -0.15) is 0 Å². The van der Waals surface area contributed by atoms with Gasteiger partial charge < -0.3 is 10.1 Å². The minimum absolute atomic E-state index is 0.0278. The molecule has 1 aromatic rings. The Bertz CT molecular complexity index is 466. The standard InChI is InChI=1S/C13H14ClNO2/c14-10-1-2-11-9(5-10)6-13(3-4-17-8-13)7-12(16)15-11/h1-2,5H,3-4,6-8H2,(H,15,16). The molecular formula is C13H14ClNO2. The molecule has 4 heteroatoms. The third-order valence-electron chi connectivity index (χ3n) is 3.63. The fourth-order valence-electron chi connectivity index (χ4n) is 2.76. The summed E-state index contributed by atoms with van der Waals surface area (Å²) in [5, 5.41) is 3.66. The van der Waals surface area contributed by atoms with Gasteiger partial charge >= 0.3 is 0 Å². The van der Waals surface area contributed by atoms with Crippen molar-refractivity contribution in [2.75, 3.05) is 18.5 Å². The number of carbonyl (C=O) groups is 1. The number of benzene rings is 1. The van der Waals surface area contributed by atoms with Crippen molar-refractivity contribution in [2.24, 2.45) is 5.41 Å². The van der Waals surface area contributed by atoms with E-state index in [1.54, 1.807) is 0 Å². The molecule has 2 aliphatic rings. The number of fused-ring (bicyclic) bond motifs is 1. The van der Waals surface area contributed by atoms with E-state index in [1.807, 2.05) is 18.2 Å². The van der Waals surface area contributed by atoms with Crippen molar-refractivity contribution in [1.29, 1.82) is 0 Å². The molecule has 1 amide bonds. The molecule has 0 bridgehead atoms. The maximum Gasteiger partial charge on any atom is 0.225 e. The second-order valence-corrected chi connectivity index (χ2v) is 5.44. The molecule has 90 valence electrons. The van der Waals surface area contributed by atoms with E-state index < -0.39 is 0 Å². The van der Waals surface area contributed by atoms with Crippen LogP contribution < -0.4 is 5.32 Å². The zero-order valence-corrected chi connectivity index (χ0v) is 10.2. The van der Waals surface area contributed by atoms with Gasteiger partial charge in [0.1, 0.15) is 0 Å². The SMILES string of the molecule is O=C1CC2(CCOC2)Cc2cc(Cl)ccc2N1. The third-order valence-corrected chi connectivity index (χ3v) is 3.86. The lowest BCUT2D eigenvalue weighted by molar-refractivity contribution is -0.118. The quantitative estimate of drug-likeness (QED) is 0.770. The van der Waals surface area contributed by atoms with Gasteiger partial charge in [0.2, 0.25) is 5.91 Å². The van der Waals surface area contributed by atoms with Gasteiger partial charge in [-0.3, -0.25) is 4.79 Å². The Labute approximate surface area is 105 Å². The lowest BCUT2D eigenvalue weighted by Gasteiger charge is -2.24. The highest BCUT2D eigenvalue weighted by atomic mass is 35.5. The van der Waals surface area contributed by atoms with Crippen LogP contribution in [-0.4, -0.2) is 19.1 Å². The van der Waals surface area contributed by atoms with Crippen molar-refractivity contribution < 1.29 is 9.53 Å². The average Bonchev–Trinajstić information content (AvgIpc) is 2.64. The van der Waals surface area contributed by atoms with Crippen LogP contribution in [0.4, 0.5) is 5.69 Å². The first kappa shape index (κ1) is 11.1. The van der Waals surface area contributed by atoms with Crippen molar-refractivity contribution in [1.82, 2.24) is 0 Å². The molecule has 0 saturated carbocycles. The van der Waals surface area contributed by atoms with E-state index in [1.165, 1.54) is 0 Å². The normalized spacial score (nSPS) is 27.7. The van der Waals surface area contributed by atoms with Crippen LogP contribution in [0.5, 0.6) is 0 Å². The molecule has 1 unspecified atom stereocenters. The monoisotopic (exact) mass is 251 g/mol. The number of carbonyl (C=O) groups excluding carboxylic acids is 1. The third kappa shape index (κ3) is 2.05. The summed E-state index contributed by atoms with van der Waals surface area (Å²) in [5.41, 5.74) is 1.98. The smallest absolute Gasteiger partial charge is 0.225 e. The average molecular weight is 252 g/mol. The molecule has 17 heavy (non-hydrogen) atoms. The molecule has 2 aliphatic heterocycles. The number of hydrogen-bond acceptors (Lipinski definition) is 2. The Morgan fingerprint density at radius 2 is 2.24 bits per heavy atom. The summed E-state index contributed by atoms with van der Waals surface area (Å²) in [4.78, 5) is 11.9. The van der Waals surface area contributed by atoms with Crippen LogP contribution in [0, 0.1) is 5.41 Å². The summed E-state index contributed by atoms with van der Waals surface area (Å²) in [6, 6.07) is 5.64. The summed E-state index contributed by atoms with van der Waals surface area (Å²) in [6.07, 6.45) is 2.35. The van der Waals surface area contributed by atoms with Gasteiger partial charge in [-0.25, -0.2) is 0 Å². The molecule has 1 N–H and O–H groups in total. The molecule has 0 aromatic heterocycles. The Morgan fingerprint density at radius 3 is 3.00 bits per heavy atom. The maximum atomic E-state index is 11.9. The Balaban J connectivity index is 2.02. The highest BCUT2D eigenvalue weighted by Crippen LogP contribution is 2.40. The highest BCUT2D eigenvalue weighted by Gasteiger charge is 2.39. The Morgan fingerprint density at radius 1 is 1.35 bits per heavy atom. The number of halogens is 1. The molecule has 1 aromatic carbocycles.